The van der Waals surface area contributed by atoms with Gasteiger partial charge in [0.1, 0.15) is 4.90 Å². The lowest BCUT2D eigenvalue weighted by molar-refractivity contribution is 0.0955. The first-order valence-corrected chi connectivity index (χ1v) is 9.04. The van der Waals surface area contributed by atoms with Crippen LogP contribution in [0.3, 0.4) is 0 Å². The van der Waals surface area contributed by atoms with Crippen LogP contribution in [0.15, 0.2) is 52.5 Å². The Bertz CT molecular complexity index is 909. The average molecular weight is 381 g/mol. The maximum absolute atomic E-state index is 12.1. The van der Waals surface area contributed by atoms with Gasteiger partial charge in [0.05, 0.1) is 11.2 Å². The highest BCUT2D eigenvalue weighted by molar-refractivity contribution is 7.89. The molecule has 0 heterocycles. The lowest BCUT2D eigenvalue weighted by Gasteiger charge is -2.11. The molecule has 1 amide bonds. The number of primary sulfonamides is 1. The normalized spacial score (nSPS) is 11.5. The number of nitrogens with zero attached hydrogens (tertiary/aromatic N) is 2. The average Bonchev–Trinajstić information content (AvgIpc) is 2.54. The van der Waals surface area contributed by atoms with Crippen LogP contribution in [0.25, 0.3) is 0 Å². The van der Waals surface area contributed by atoms with Gasteiger partial charge in [0.25, 0.3) is 5.91 Å². The van der Waals surface area contributed by atoms with Crippen molar-refractivity contribution in [3.63, 3.8) is 0 Å². The van der Waals surface area contributed by atoms with Crippen molar-refractivity contribution in [2.45, 2.75) is 4.90 Å². The summed E-state index contributed by atoms with van der Waals surface area (Å²) in [5, 5.41) is 8.86. The van der Waals surface area contributed by atoms with Gasteiger partial charge < -0.3 is 4.90 Å². The molecule has 3 N–H and O–H groups in total. The van der Waals surface area contributed by atoms with Gasteiger partial charge in [-0.05, 0) is 35.9 Å². The van der Waals surface area contributed by atoms with Crippen LogP contribution in [-0.2, 0) is 10.0 Å². The molecule has 0 unspecified atom stereocenters. The first kappa shape index (κ1) is 18.9. The van der Waals surface area contributed by atoms with E-state index in [1.165, 1.54) is 18.3 Å². The third kappa shape index (κ3) is 5.02. The molecule has 2 rings (SSSR count). The van der Waals surface area contributed by atoms with E-state index in [-0.39, 0.29) is 15.5 Å². The Morgan fingerprint density at radius 2 is 1.84 bits per heavy atom. The molecule has 0 fully saturated rings. The van der Waals surface area contributed by atoms with Gasteiger partial charge in [-0.25, -0.2) is 19.0 Å². The second-order valence-corrected chi connectivity index (χ2v) is 7.31. The maximum Gasteiger partial charge on any atom is 0.271 e. The fraction of sp³-hybridized carbons (Fsp3) is 0.125. The number of rotatable bonds is 5. The number of anilines is 1. The van der Waals surface area contributed by atoms with Crippen molar-refractivity contribution >= 4 is 39.4 Å². The van der Waals surface area contributed by atoms with Gasteiger partial charge in [0.2, 0.25) is 10.0 Å². The molecule has 0 bridgehead atoms. The molecule has 9 heteroatoms. The summed E-state index contributed by atoms with van der Waals surface area (Å²) in [5.41, 5.74) is 4.24. The maximum atomic E-state index is 12.1. The second kappa shape index (κ2) is 7.64. The van der Waals surface area contributed by atoms with Crippen molar-refractivity contribution in [2.24, 2.45) is 10.2 Å². The monoisotopic (exact) mass is 380 g/mol. The zero-order valence-corrected chi connectivity index (χ0v) is 15.2. The van der Waals surface area contributed by atoms with E-state index in [0.29, 0.717) is 0 Å². The van der Waals surface area contributed by atoms with Crippen molar-refractivity contribution in [3.8, 4) is 0 Å². The summed E-state index contributed by atoms with van der Waals surface area (Å²) in [4.78, 5) is 13.7. The number of nitrogens with two attached hydrogens (primary N) is 1. The van der Waals surface area contributed by atoms with Crippen molar-refractivity contribution in [1.82, 2.24) is 5.43 Å². The molecule has 0 radical (unpaired) electrons. The van der Waals surface area contributed by atoms with E-state index in [4.69, 9.17) is 16.7 Å². The Balaban J connectivity index is 2.10. The highest BCUT2D eigenvalue weighted by Gasteiger charge is 2.16. The molecule has 0 aromatic heterocycles. The van der Waals surface area contributed by atoms with Crippen LogP contribution in [0.5, 0.6) is 0 Å². The number of sulfonamides is 1. The Labute approximate surface area is 151 Å². The van der Waals surface area contributed by atoms with Crippen LogP contribution in [0.4, 0.5) is 5.69 Å². The standard InChI is InChI=1S/C16H17ClN4O3S/c1-21(2)13-6-3-11(4-7-13)10-19-20-16(22)12-5-8-14(17)15(9-12)25(18,23)24/h3-10H,1-2H3,(H,20,22)(H2,18,23,24)/b19-10-. The third-order valence-electron chi connectivity index (χ3n) is 3.29. The minimum absolute atomic E-state index is 0.0523. The van der Waals surface area contributed by atoms with Gasteiger partial charge in [-0.2, -0.15) is 5.10 Å². The molecule has 0 saturated heterocycles. The van der Waals surface area contributed by atoms with Gasteiger partial charge in [-0.1, -0.05) is 23.7 Å². The number of carbonyl (C=O) groups excluding carboxylic acids is 1. The number of carbonyl (C=O) groups is 1. The molecule has 2 aromatic carbocycles. The summed E-state index contributed by atoms with van der Waals surface area (Å²) in [7, 11) is -0.147. The van der Waals surface area contributed by atoms with Crippen LogP contribution in [0.1, 0.15) is 15.9 Å². The highest BCUT2D eigenvalue weighted by Crippen LogP contribution is 2.21. The molecule has 2 aromatic rings. The van der Waals surface area contributed by atoms with Gasteiger partial charge in [-0.3, -0.25) is 4.79 Å². The number of nitrogens with one attached hydrogen (secondary N) is 1. The predicted octanol–water partition coefficient (Wildman–Crippen LogP) is 1.82. The molecule has 0 aliphatic rings. The molecule has 0 spiro atoms. The molecular weight excluding hydrogens is 364 g/mol. The zero-order valence-electron chi connectivity index (χ0n) is 13.6. The largest absolute Gasteiger partial charge is 0.378 e. The minimum Gasteiger partial charge on any atom is -0.378 e. The number of amides is 1. The van der Waals surface area contributed by atoms with Gasteiger partial charge in [0, 0.05) is 25.3 Å². The van der Waals surface area contributed by atoms with Crippen molar-refractivity contribution < 1.29 is 13.2 Å². The fourth-order valence-electron chi connectivity index (χ4n) is 1.95. The quantitative estimate of drug-likeness (QED) is 0.609. The SMILES string of the molecule is CN(C)c1ccc(/C=N\NC(=O)c2ccc(Cl)c(S(N)(=O)=O)c2)cc1. The number of hydrogen-bond acceptors (Lipinski definition) is 5. The molecule has 0 atom stereocenters. The van der Waals surface area contributed by atoms with E-state index < -0.39 is 15.9 Å². The smallest absolute Gasteiger partial charge is 0.271 e. The van der Waals surface area contributed by atoms with Crippen molar-refractivity contribution in [1.29, 1.82) is 0 Å². The summed E-state index contributed by atoms with van der Waals surface area (Å²) in [6.07, 6.45) is 1.48. The van der Waals surface area contributed by atoms with E-state index in [9.17, 15) is 13.2 Å². The van der Waals surface area contributed by atoms with Gasteiger partial charge in [0.15, 0.2) is 0 Å². The summed E-state index contributed by atoms with van der Waals surface area (Å²) in [6, 6.07) is 11.3. The first-order valence-electron chi connectivity index (χ1n) is 7.11. The van der Waals surface area contributed by atoms with Crippen molar-refractivity contribution in [3.05, 3.63) is 58.6 Å². The molecular formula is C16H17ClN4O3S. The van der Waals surface area contributed by atoms with E-state index in [0.717, 1.165) is 17.3 Å². The highest BCUT2D eigenvalue weighted by atomic mass is 35.5. The van der Waals surface area contributed by atoms with Gasteiger partial charge in [-0.15, -0.1) is 0 Å². The Hall–Kier alpha value is -2.42. The van der Waals surface area contributed by atoms with Crippen molar-refractivity contribution in [2.75, 3.05) is 19.0 Å². The van der Waals surface area contributed by atoms with Crippen LogP contribution >= 0.6 is 11.6 Å². The first-order chi connectivity index (χ1) is 11.7. The number of benzene rings is 2. The zero-order chi connectivity index (χ0) is 18.6. The summed E-state index contributed by atoms with van der Waals surface area (Å²) >= 11 is 5.78. The number of halogens is 1. The van der Waals surface area contributed by atoms with E-state index in [1.807, 2.05) is 43.3 Å². The Morgan fingerprint density at radius 1 is 1.20 bits per heavy atom. The molecule has 0 saturated carbocycles. The minimum atomic E-state index is -4.02. The van der Waals surface area contributed by atoms with Crippen LogP contribution in [0, 0.1) is 0 Å². The molecule has 25 heavy (non-hydrogen) atoms. The Morgan fingerprint density at radius 3 is 2.40 bits per heavy atom. The number of hydrazone groups is 1. The predicted molar refractivity (Wildman–Crippen MR) is 98.7 cm³/mol. The van der Waals surface area contributed by atoms with Gasteiger partial charge >= 0.3 is 0 Å². The summed E-state index contributed by atoms with van der Waals surface area (Å²) in [6.45, 7) is 0. The van der Waals surface area contributed by atoms with Crippen LogP contribution < -0.4 is 15.5 Å². The van der Waals surface area contributed by atoms with E-state index in [2.05, 4.69) is 10.5 Å². The van der Waals surface area contributed by atoms with Crippen LogP contribution in [0.2, 0.25) is 5.02 Å². The summed E-state index contributed by atoms with van der Waals surface area (Å²) in [5.74, 6) is -0.581. The van der Waals surface area contributed by atoms with E-state index in [1.54, 1.807) is 0 Å². The van der Waals surface area contributed by atoms with Crippen LogP contribution in [-0.4, -0.2) is 34.6 Å². The Kier molecular flexibility index (Phi) is 5.78. The lowest BCUT2D eigenvalue weighted by Crippen LogP contribution is -2.19. The topological polar surface area (TPSA) is 105 Å². The molecule has 132 valence electrons. The summed E-state index contributed by atoms with van der Waals surface area (Å²) < 4.78 is 22.9. The second-order valence-electron chi connectivity index (χ2n) is 5.38. The van der Waals surface area contributed by atoms with E-state index >= 15 is 0 Å². The fourth-order valence-corrected chi connectivity index (χ4v) is 3.02. The molecule has 7 nitrogen and oxygen atoms in total. The molecule has 0 aliphatic heterocycles. The third-order valence-corrected chi connectivity index (χ3v) is 4.68. The molecule has 0 aliphatic carbocycles. The number of hydrogen-bond donors (Lipinski definition) is 2. The lowest BCUT2D eigenvalue weighted by atomic mass is 10.2.